The Labute approximate surface area is 166 Å². The van der Waals surface area contributed by atoms with E-state index in [1.807, 2.05) is 59.5 Å². The highest BCUT2D eigenvalue weighted by Crippen LogP contribution is 2.26. The van der Waals surface area contributed by atoms with Crippen LogP contribution in [0.25, 0.3) is 0 Å². The number of carbonyl (C=O) groups is 1. The molecular weight excluding hydrogens is 404 g/mol. The summed E-state index contributed by atoms with van der Waals surface area (Å²) in [4.78, 5) is 18.9. The van der Waals surface area contributed by atoms with Crippen molar-refractivity contribution >= 4 is 21.8 Å². The molecule has 136 valence electrons. The molecule has 0 saturated carbocycles. The molecule has 1 aromatic heterocycles. The topological polar surface area (TPSA) is 42.4 Å². The van der Waals surface area contributed by atoms with Gasteiger partial charge in [-0.2, -0.15) is 0 Å². The standard InChI is InChI=1S/C22H19BrN2O2/c23-21-6-2-1-5-18(21)15-27-19-8-7-17-9-11-25(22(26)20(17)12-19)14-16-4-3-10-24-13-16/h1-8,10,12-13H,9,11,14-15H2. The first-order valence-electron chi connectivity index (χ1n) is 8.88. The van der Waals surface area contributed by atoms with Gasteiger partial charge in [0.1, 0.15) is 12.4 Å². The van der Waals surface area contributed by atoms with Crippen LogP contribution in [0.3, 0.4) is 0 Å². The fourth-order valence-corrected chi connectivity index (χ4v) is 3.63. The molecule has 0 radical (unpaired) electrons. The fraction of sp³-hybridized carbons (Fsp3) is 0.182. The molecule has 4 nitrogen and oxygen atoms in total. The van der Waals surface area contributed by atoms with E-state index in [1.165, 1.54) is 0 Å². The molecule has 0 saturated heterocycles. The molecule has 1 aliphatic heterocycles. The predicted molar refractivity (Wildman–Crippen MR) is 108 cm³/mol. The largest absolute Gasteiger partial charge is 0.489 e. The maximum atomic E-state index is 12.9. The Kier molecular flexibility index (Phi) is 5.21. The lowest BCUT2D eigenvalue weighted by atomic mass is 9.98. The second-order valence-corrected chi connectivity index (χ2v) is 7.39. The van der Waals surface area contributed by atoms with E-state index in [4.69, 9.17) is 4.74 Å². The Morgan fingerprint density at radius 1 is 1.11 bits per heavy atom. The van der Waals surface area contributed by atoms with Crippen molar-refractivity contribution in [2.45, 2.75) is 19.6 Å². The molecule has 0 atom stereocenters. The molecule has 0 fully saturated rings. The van der Waals surface area contributed by atoms with Crippen molar-refractivity contribution in [2.24, 2.45) is 0 Å². The second-order valence-electron chi connectivity index (χ2n) is 6.54. The Morgan fingerprint density at radius 3 is 2.81 bits per heavy atom. The third-order valence-electron chi connectivity index (χ3n) is 4.70. The Bertz CT molecular complexity index is 960. The van der Waals surface area contributed by atoms with Crippen LogP contribution in [-0.4, -0.2) is 22.3 Å². The van der Waals surface area contributed by atoms with E-state index in [2.05, 4.69) is 20.9 Å². The number of hydrogen-bond acceptors (Lipinski definition) is 3. The first-order valence-corrected chi connectivity index (χ1v) is 9.67. The van der Waals surface area contributed by atoms with Crippen molar-refractivity contribution in [1.29, 1.82) is 0 Å². The van der Waals surface area contributed by atoms with Gasteiger partial charge in [0.15, 0.2) is 0 Å². The van der Waals surface area contributed by atoms with Crippen molar-refractivity contribution in [3.8, 4) is 5.75 Å². The van der Waals surface area contributed by atoms with Gasteiger partial charge < -0.3 is 9.64 Å². The minimum absolute atomic E-state index is 0.0476. The maximum absolute atomic E-state index is 12.9. The third kappa shape index (κ3) is 4.03. The van der Waals surface area contributed by atoms with Crippen LogP contribution in [0.4, 0.5) is 0 Å². The van der Waals surface area contributed by atoms with E-state index < -0.39 is 0 Å². The molecule has 5 heteroatoms. The summed E-state index contributed by atoms with van der Waals surface area (Å²) >= 11 is 3.53. The number of halogens is 1. The molecule has 27 heavy (non-hydrogen) atoms. The summed E-state index contributed by atoms with van der Waals surface area (Å²) < 4.78 is 6.95. The smallest absolute Gasteiger partial charge is 0.254 e. The number of rotatable bonds is 5. The summed E-state index contributed by atoms with van der Waals surface area (Å²) in [7, 11) is 0. The van der Waals surface area contributed by atoms with E-state index in [1.54, 1.807) is 12.4 Å². The van der Waals surface area contributed by atoms with Gasteiger partial charge in [-0.1, -0.05) is 46.3 Å². The maximum Gasteiger partial charge on any atom is 0.254 e. The van der Waals surface area contributed by atoms with Gasteiger partial charge in [0.2, 0.25) is 0 Å². The van der Waals surface area contributed by atoms with E-state index in [0.29, 0.717) is 18.9 Å². The summed E-state index contributed by atoms with van der Waals surface area (Å²) in [5, 5.41) is 0. The molecule has 0 aliphatic carbocycles. The highest BCUT2D eigenvalue weighted by molar-refractivity contribution is 9.10. The van der Waals surface area contributed by atoms with Gasteiger partial charge >= 0.3 is 0 Å². The lowest BCUT2D eigenvalue weighted by molar-refractivity contribution is 0.0726. The Hall–Kier alpha value is -2.66. The fourth-order valence-electron chi connectivity index (χ4n) is 3.23. The number of pyridine rings is 1. The highest BCUT2D eigenvalue weighted by atomic mass is 79.9. The third-order valence-corrected chi connectivity index (χ3v) is 5.47. The van der Waals surface area contributed by atoms with Crippen molar-refractivity contribution in [3.05, 3.63) is 93.7 Å². The molecule has 2 aromatic carbocycles. The van der Waals surface area contributed by atoms with Crippen LogP contribution in [0, 0.1) is 0 Å². The van der Waals surface area contributed by atoms with Crippen LogP contribution in [0.5, 0.6) is 5.75 Å². The van der Waals surface area contributed by atoms with Crippen LogP contribution >= 0.6 is 15.9 Å². The van der Waals surface area contributed by atoms with Gasteiger partial charge in [-0.25, -0.2) is 0 Å². The molecule has 2 heterocycles. The second kappa shape index (κ2) is 7.92. The SMILES string of the molecule is O=C1c2cc(OCc3ccccc3Br)ccc2CCN1Cc1cccnc1. The minimum Gasteiger partial charge on any atom is -0.489 e. The average Bonchev–Trinajstić information content (AvgIpc) is 2.70. The summed E-state index contributed by atoms with van der Waals surface area (Å²) in [6.07, 6.45) is 4.40. The number of aromatic nitrogens is 1. The zero-order chi connectivity index (χ0) is 18.6. The Balaban J connectivity index is 1.49. The number of hydrogen-bond donors (Lipinski definition) is 0. The molecule has 0 spiro atoms. The number of fused-ring (bicyclic) bond motifs is 1. The number of carbonyl (C=O) groups excluding carboxylic acids is 1. The zero-order valence-electron chi connectivity index (χ0n) is 14.8. The van der Waals surface area contributed by atoms with Crippen LogP contribution in [0.15, 0.2) is 71.5 Å². The van der Waals surface area contributed by atoms with Gasteiger partial charge in [-0.05, 0) is 41.8 Å². The predicted octanol–water partition coefficient (Wildman–Crippen LogP) is 4.62. The van der Waals surface area contributed by atoms with Crippen molar-refractivity contribution < 1.29 is 9.53 Å². The number of nitrogens with zero attached hydrogens (tertiary/aromatic N) is 2. The first-order chi connectivity index (χ1) is 13.2. The van der Waals surface area contributed by atoms with Crippen molar-refractivity contribution in [3.63, 3.8) is 0 Å². The highest BCUT2D eigenvalue weighted by Gasteiger charge is 2.25. The van der Waals surface area contributed by atoms with E-state index in [-0.39, 0.29) is 5.91 Å². The average molecular weight is 423 g/mol. The molecule has 1 amide bonds. The molecular formula is C22H19BrN2O2. The molecule has 3 aromatic rings. The molecule has 1 aliphatic rings. The summed E-state index contributed by atoms with van der Waals surface area (Å²) in [6, 6.07) is 17.7. The van der Waals surface area contributed by atoms with Gasteiger partial charge in [-0.3, -0.25) is 9.78 Å². The number of ether oxygens (including phenoxy) is 1. The lowest BCUT2D eigenvalue weighted by Crippen LogP contribution is -2.37. The molecule has 0 bridgehead atoms. The minimum atomic E-state index is 0.0476. The lowest BCUT2D eigenvalue weighted by Gasteiger charge is -2.29. The Morgan fingerprint density at radius 2 is 2.00 bits per heavy atom. The summed E-state index contributed by atoms with van der Waals surface area (Å²) in [5.41, 5.74) is 3.92. The van der Waals surface area contributed by atoms with Crippen LogP contribution < -0.4 is 4.74 Å². The van der Waals surface area contributed by atoms with Gasteiger partial charge in [-0.15, -0.1) is 0 Å². The number of benzene rings is 2. The van der Waals surface area contributed by atoms with Gasteiger partial charge in [0.25, 0.3) is 5.91 Å². The van der Waals surface area contributed by atoms with Gasteiger partial charge in [0.05, 0.1) is 0 Å². The molecule has 0 N–H and O–H groups in total. The molecule has 0 unspecified atom stereocenters. The molecule has 4 rings (SSSR count). The van der Waals surface area contributed by atoms with E-state index in [9.17, 15) is 4.79 Å². The quantitative estimate of drug-likeness (QED) is 0.602. The van der Waals surface area contributed by atoms with Crippen molar-refractivity contribution in [2.75, 3.05) is 6.54 Å². The summed E-state index contributed by atoms with van der Waals surface area (Å²) in [6.45, 7) is 1.75. The zero-order valence-corrected chi connectivity index (χ0v) is 16.4. The number of amides is 1. The monoisotopic (exact) mass is 422 g/mol. The van der Waals surface area contributed by atoms with Crippen LogP contribution in [0.1, 0.15) is 27.0 Å². The first kappa shape index (κ1) is 17.7. The van der Waals surface area contributed by atoms with Crippen molar-refractivity contribution in [1.82, 2.24) is 9.88 Å². The van der Waals surface area contributed by atoms with Crippen LogP contribution in [0.2, 0.25) is 0 Å². The normalized spacial score (nSPS) is 13.4. The van der Waals surface area contributed by atoms with Crippen LogP contribution in [-0.2, 0) is 19.6 Å². The summed E-state index contributed by atoms with van der Waals surface area (Å²) in [5.74, 6) is 0.757. The van der Waals surface area contributed by atoms with E-state index >= 15 is 0 Å². The van der Waals surface area contributed by atoms with Gasteiger partial charge in [0, 0.05) is 41.1 Å². The van der Waals surface area contributed by atoms with E-state index in [0.717, 1.165) is 39.7 Å².